The monoisotopic (exact) mass is 334 g/mol. The van der Waals surface area contributed by atoms with Crippen molar-refractivity contribution >= 4 is 21.6 Å². The van der Waals surface area contributed by atoms with E-state index in [1.54, 1.807) is 0 Å². The second-order valence-corrected chi connectivity index (χ2v) is 6.43. The maximum absolute atomic E-state index is 5.57. The standard InChI is InChI=1S/C17H23BrN2/c1-4-10-20(12-14-6-7-14)17-11-15(18)8-9-16(17)13(3)19-5-2/h1,8-9,11,13-14,19H,5-7,10,12H2,2-3H3. The zero-order valence-corrected chi connectivity index (χ0v) is 13.9. The molecular formula is C17H23BrN2. The quantitative estimate of drug-likeness (QED) is 0.759. The van der Waals surface area contributed by atoms with Crippen molar-refractivity contribution in [3.8, 4) is 12.3 Å². The molecule has 1 aromatic rings. The molecule has 0 amide bonds. The maximum Gasteiger partial charge on any atom is 0.0791 e. The third kappa shape index (κ3) is 4.01. The molecule has 1 saturated carbocycles. The van der Waals surface area contributed by atoms with Crippen LogP contribution >= 0.6 is 15.9 Å². The number of anilines is 1. The smallest absolute Gasteiger partial charge is 0.0791 e. The predicted octanol–water partition coefficient (Wildman–Crippen LogP) is 3.97. The van der Waals surface area contributed by atoms with Crippen LogP contribution in [0.5, 0.6) is 0 Å². The SMILES string of the molecule is C#CCN(CC1CC1)c1cc(Br)ccc1C(C)NCC. The van der Waals surface area contributed by atoms with Crippen molar-refractivity contribution in [2.24, 2.45) is 5.92 Å². The van der Waals surface area contributed by atoms with Gasteiger partial charge in [-0.3, -0.25) is 0 Å². The third-order valence-corrected chi connectivity index (χ3v) is 4.26. The van der Waals surface area contributed by atoms with Crippen LogP contribution in [0.25, 0.3) is 0 Å². The average molecular weight is 335 g/mol. The van der Waals surface area contributed by atoms with E-state index in [2.05, 4.69) is 64.1 Å². The Balaban J connectivity index is 2.29. The Hall–Kier alpha value is -0.980. The summed E-state index contributed by atoms with van der Waals surface area (Å²) in [6, 6.07) is 6.84. The van der Waals surface area contributed by atoms with E-state index < -0.39 is 0 Å². The molecule has 1 atom stereocenters. The Labute approximate surface area is 131 Å². The van der Waals surface area contributed by atoms with Crippen molar-refractivity contribution in [2.45, 2.75) is 32.7 Å². The molecule has 108 valence electrons. The van der Waals surface area contributed by atoms with Crippen molar-refractivity contribution in [3.05, 3.63) is 28.2 Å². The lowest BCUT2D eigenvalue weighted by Gasteiger charge is -2.28. The summed E-state index contributed by atoms with van der Waals surface area (Å²) in [6.45, 7) is 7.07. The lowest BCUT2D eigenvalue weighted by atomic mass is 10.0. The highest BCUT2D eigenvalue weighted by atomic mass is 79.9. The van der Waals surface area contributed by atoms with Gasteiger partial charge in [-0.25, -0.2) is 0 Å². The maximum atomic E-state index is 5.57. The highest BCUT2D eigenvalue weighted by Gasteiger charge is 2.25. The van der Waals surface area contributed by atoms with E-state index in [0.717, 1.165) is 23.5 Å². The summed E-state index contributed by atoms with van der Waals surface area (Å²) in [6.07, 6.45) is 8.25. The molecule has 1 fully saturated rings. The molecule has 1 aromatic carbocycles. The molecule has 2 nitrogen and oxygen atoms in total. The molecular weight excluding hydrogens is 312 g/mol. The summed E-state index contributed by atoms with van der Waals surface area (Å²) in [5, 5.41) is 3.49. The summed E-state index contributed by atoms with van der Waals surface area (Å²) < 4.78 is 1.11. The number of nitrogens with zero attached hydrogens (tertiary/aromatic N) is 1. The normalized spacial score (nSPS) is 15.7. The molecule has 0 saturated heterocycles. The Morgan fingerprint density at radius 3 is 2.85 bits per heavy atom. The van der Waals surface area contributed by atoms with Crippen LogP contribution in [0.2, 0.25) is 0 Å². The van der Waals surface area contributed by atoms with Crippen LogP contribution in [0.4, 0.5) is 5.69 Å². The van der Waals surface area contributed by atoms with Crippen LogP contribution in [0.1, 0.15) is 38.3 Å². The van der Waals surface area contributed by atoms with Gasteiger partial charge in [0.2, 0.25) is 0 Å². The van der Waals surface area contributed by atoms with E-state index in [1.165, 1.54) is 24.1 Å². The molecule has 1 N–H and O–H groups in total. The number of terminal acetylenes is 1. The average Bonchev–Trinajstić information content (AvgIpc) is 3.22. The lowest BCUT2D eigenvalue weighted by Crippen LogP contribution is -2.29. The molecule has 0 aliphatic heterocycles. The first kappa shape index (κ1) is 15.4. The van der Waals surface area contributed by atoms with Gasteiger partial charge in [0.15, 0.2) is 0 Å². The first-order valence-electron chi connectivity index (χ1n) is 7.37. The number of rotatable bonds is 7. The van der Waals surface area contributed by atoms with E-state index in [1.807, 2.05) is 0 Å². The molecule has 0 radical (unpaired) electrons. The van der Waals surface area contributed by atoms with E-state index in [9.17, 15) is 0 Å². The fraction of sp³-hybridized carbons (Fsp3) is 0.529. The predicted molar refractivity (Wildman–Crippen MR) is 90.0 cm³/mol. The summed E-state index contributed by atoms with van der Waals surface area (Å²) >= 11 is 3.59. The number of hydrogen-bond donors (Lipinski definition) is 1. The minimum Gasteiger partial charge on any atom is -0.360 e. The Kier molecular flexibility index (Phi) is 5.51. The highest BCUT2D eigenvalue weighted by molar-refractivity contribution is 9.10. The van der Waals surface area contributed by atoms with Crippen molar-refractivity contribution < 1.29 is 0 Å². The van der Waals surface area contributed by atoms with Gasteiger partial charge in [-0.1, -0.05) is 34.8 Å². The van der Waals surface area contributed by atoms with Gasteiger partial charge in [0.25, 0.3) is 0 Å². The van der Waals surface area contributed by atoms with Crippen LogP contribution in [-0.4, -0.2) is 19.6 Å². The Bertz CT molecular complexity index is 488. The Morgan fingerprint density at radius 2 is 2.25 bits per heavy atom. The van der Waals surface area contributed by atoms with Crippen molar-refractivity contribution in [1.29, 1.82) is 0 Å². The fourth-order valence-electron chi connectivity index (χ4n) is 2.54. The second-order valence-electron chi connectivity index (χ2n) is 5.51. The Morgan fingerprint density at radius 1 is 1.50 bits per heavy atom. The minimum absolute atomic E-state index is 0.336. The lowest BCUT2D eigenvalue weighted by molar-refractivity contribution is 0.595. The van der Waals surface area contributed by atoms with Gasteiger partial charge in [-0.05, 0) is 49.9 Å². The van der Waals surface area contributed by atoms with Crippen LogP contribution in [0.15, 0.2) is 22.7 Å². The highest BCUT2D eigenvalue weighted by Crippen LogP contribution is 2.35. The molecule has 0 aromatic heterocycles. The second kappa shape index (κ2) is 7.15. The van der Waals surface area contributed by atoms with Crippen LogP contribution in [0, 0.1) is 18.3 Å². The van der Waals surface area contributed by atoms with E-state index in [0.29, 0.717) is 12.6 Å². The summed E-state index contributed by atoms with van der Waals surface area (Å²) in [5.41, 5.74) is 2.59. The number of benzene rings is 1. The van der Waals surface area contributed by atoms with Crippen molar-refractivity contribution in [2.75, 3.05) is 24.5 Å². The molecule has 0 spiro atoms. The first-order chi connectivity index (χ1) is 9.65. The fourth-order valence-corrected chi connectivity index (χ4v) is 2.89. The van der Waals surface area contributed by atoms with E-state index >= 15 is 0 Å². The van der Waals surface area contributed by atoms with Gasteiger partial charge < -0.3 is 10.2 Å². The van der Waals surface area contributed by atoms with Gasteiger partial charge in [0, 0.05) is 22.7 Å². The van der Waals surface area contributed by atoms with Gasteiger partial charge >= 0.3 is 0 Å². The van der Waals surface area contributed by atoms with Gasteiger partial charge in [-0.15, -0.1) is 6.42 Å². The van der Waals surface area contributed by atoms with Gasteiger partial charge in [0.05, 0.1) is 6.54 Å². The van der Waals surface area contributed by atoms with Crippen LogP contribution in [-0.2, 0) is 0 Å². The molecule has 0 heterocycles. The molecule has 1 aliphatic rings. The summed E-state index contributed by atoms with van der Waals surface area (Å²) in [5.74, 6) is 3.63. The zero-order chi connectivity index (χ0) is 14.5. The van der Waals surface area contributed by atoms with E-state index in [4.69, 9.17) is 6.42 Å². The number of nitrogens with one attached hydrogen (secondary N) is 1. The van der Waals surface area contributed by atoms with Crippen molar-refractivity contribution in [1.82, 2.24) is 5.32 Å². The number of halogens is 1. The van der Waals surface area contributed by atoms with Crippen molar-refractivity contribution in [3.63, 3.8) is 0 Å². The number of hydrogen-bond acceptors (Lipinski definition) is 2. The topological polar surface area (TPSA) is 15.3 Å². The summed E-state index contributed by atoms with van der Waals surface area (Å²) in [4.78, 5) is 2.35. The van der Waals surface area contributed by atoms with Crippen LogP contribution < -0.4 is 10.2 Å². The zero-order valence-electron chi connectivity index (χ0n) is 12.3. The molecule has 0 bridgehead atoms. The van der Waals surface area contributed by atoms with Gasteiger partial charge in [-0.2, -0.15) is 0 Å². The molecule has 1 aliphatic carbocycles. The molecule has 3 heteroatoms. The molecule has 2 rings (SSSR count). The molecule has 1 unspecified atom stereocenters. The largest absolute Gasteiger partial charge is 0.360 e. The third-order valence-electron chi connectivity index (χ3n) is 3.77. The summed E-state index contributed by atoms with van der Waals surface area (Å²) in [7, 11) is 0. The van der Waals surface area contributed by atoms with E-state index in [-0.39, 0.29) is 0 Å². The molecule has 20 heavy (non-hydrogen) atoms. The first-order valence-corrected chi connectivity index (χ1v) is 8.16. The van der Waals surface area contributed by atoms with Crippen LogP contribution in [0.3, 0.4) is 0 Å². The van der Waals surface area contributed by atoms with Gasteiger partial charge in [0.1, 0.15) is 0 Å². The minimum atomic E-state index is 0.336.